The third-order valence-corrected chi connectivity index (χ3v) is 3.41. The van der Waals surface area contributed by atoms with Crippen LogP contribution in [0.2, 0.25) is 0 Å². The van der Waals surface area contributed by atoms with Crippen molar-refractivity contribution in [3.63, 3.8) is 0 Å². The fraction of sp³-hybridized carbons (Fsp3) is 0.533. The molecule has 1 aliphatic rings. The van der Waals surface area contributed by atoms with Gasteiger partial charge in [0.25, 0.3) is 0 Å². The van der Waals surface area contributed by atoms with E-state index in [0.717, 1.165) is 24.5 Å². The Bertz CT molecular complexity index is 427. The van der Waals surface area contributed by atoms with Gasteiger partial charge in [-0.25, -0.2) is 0 Å². The molecule has 1 aromatic rings. The first kappa shape index (κ1) is 14.8. The van der Waals surface area contributed by atoms with Gasteiger partial charge in [-0.3, -0.25) is 9.69 Å². The minimum Gasteiger partial charge on any atom is -0.494 e. The van der Waals surface area contributed by atoms with Crippen LogP contribution in [0.3, 0.4) is 0 Å². The Morgan fingerprint density at radius 1 is 1.35 bits per heavy atom. The van der Waals surface area contributed by atoms with Gasteiger partial charge >= 0.3 is 0 Å². The lowest BCUT2D eigenvalue weighted by Crippen LogP contribution is -2.47. The highest BCUT2D eigenvalue weighted by molar-refractivity contribution is 5.94. The lowest BCUT2D eigenvalue weighted by Gasteiger charge is -2.31. The molecule has 1 amide bonds. The summed E-state index contributed by atoms with van der Waals surface area (Å²) in [5.74, 6) is 0.822. The van der Waals surface area contributed by atoms with Crippen LogP contribution >= 0.6 is 0 Å². The summed E-state index contributed by atoms with van der Waals surface area (Å²) in [5, 5.41) is 2.93. The maximum absolute atomic E-state index is 12.2. The van der Waals surface area contributed by atoms with Crippen LogP contribution in [0.4, 0.5) is 5.69 Å². The Labute approximate surface area is 119 Å². The molecule has 1 atom stereocenters. The summed E-state index contributed by atoms with van der Waals surface area (Å²) in [6.07, 6.45) is 0. The highest BCUT2D eigenvalue weighted by Crippen LogP contribution is 2.16. The number of carbonyl (C=O) groups excluding carboxylic acids is 1. The number of benzene rings is 1. The number of morpholine rings is 1. The lowest BCUT2D eigenvalue weighted by molar-refractivity contribution is -0.122. The summed E-state index contributed by atoms with van der Waals surface area (Å²) in [7, 11) is 0. The van der Waals surface area contributed by atoms with Crippen LogP contribution in [0.15, 0.2) is 24.3 Å². The lowest BCUT2D eigenvalue weighted by atomic mass is 10.2. The molecule has 1 N–H and O–H groups in total. The van der Waals surface area contributed by atoms with Gasteiger partial charge in [0.2, 0.25) is 5.91 Å². The molecule has 0 spiro atoms. The van der Waals surface area contributed by atoms with E-state index < -0.39 is 0 Å². The molecule has 5 nitrogen and oxygen atoms in total. The van der Waals surface area contributed by atoms with Crippen molar-refractivity contribution >= 4 is 11.6 Å². The van der Waals surface area contributed by atoms with Gasteiger partial charge in [-0.15, -0.1) is 0 Å². The smallest absolute Gasteiger partial charge is 0.241 e. The van der Waals surface area contributed by atoms with E-state index in [2.05, 4.69) is 10.2 Å². The van der Waals surface area contributed by atoms with Crippen molar-refractivity contribution in [3.8, 4) is 5.75 Å². The van der Waals surface area contributed by atoms with Gasteiger partial charge in [0.15, 0.2) is 0 Å². The SMILES string of the molecule is CCOc1ccc(NC(=O)[C@H](C)N2CCOCC2)cc1. The number of hydrogen-bond acceptors (Lipinski definition) is 4. The number of nitrogens with one attached hydrogen (secondary N) is 1. The zero-order valence-corrected chi connectivity index (χ0v) is 12.1. The summed E-state index contributed by atoms with van der Waals surface area (Å²) < 4.78 is 10.7. The van der Waals surface area contributed by atoms with Crippen molar-refractivity contribution in [2.75, 3.05) is 38.2 Å². The molecule has 1 aliphatic heterocycles. The summed E-state index contributed by atoms with van der Waals surface area (Å²) in [5.41, 5.74) is 0.790. The van der Waals surface area contributed by atoms with Crippen LogP contribution < -0.4 is 10.1 Å². The first-order valence-electron chi connectivity index (χ1n) is 7.06. The Morgan fingerprint density at radius 2 is 2.00 bits per heavy atom. The first-order valence-corrected chi connectivity index (χ1v) is 7.06. The fourth-order valence-electron chi connectivity index (χ4n) is 2.18. The second-order valence-electron chi connectivity index (χ2n) is 4.77. The molecular formula is C15H22N2O3. The van der Waals surface area contributed by atoms with E-state index >= 15 is 0 Å². The van der Waals surface area contributed by atoms with Crippen molar-refractivity contribution in [1.29, 1.82) is 0 Å². The maximum Gasteiger partial charge on any atom is 0.241 e. The number of amides is 1. The number of nitrogens with zero attached hydrogens (tertiary/aromatic N) is 1. The number of rotatable bonds is 5. The second kappa shape index (κ2) is 7.26. The Morgan fingerprint density at radius 3 is 2.60 bits per heavy atom. The van der Waals surface area contributed by atoms with Crippen LogP contribution in [-0.4, -0.2) is 49.8 Å². The predicted molar refractivity (Wildman–Crippen MR) is 78.1 cm³/mol. The van der Waals surface area contributed by atoms with Gasteiger partial charge in [-0.05, 0) is 38.1 Å². The van der Waals surface area contributed by atoms with E-state index in [4.69, 9.17) is 9.47 Å². The minimum atomic E-state index is -0.148. The van der Waals surface area contributed by atoms with Crippen molar-refractivity contribution in [3.05, 3.63) is 24.3 Å². The molecule has 1 heterocycles. The summed E-state index contributed by atoms with van der Waals surface area (Å²) in [6, 6.07) is 7.28. The average Bonchev–Trinajstić information content (AvgIpc) is 2.49. The van der Waals surface area contributed by atoms with Crippen molar-refractivity contribution in [1.82, 2.24) is 4.90 Å². The van der Waals surface area contributed by atoms with E-state index in [0.29, 0.717) is 19.8 Å². The number of carbonyl (C=O) groups is 1. The molecule has 0 radical (unpaired) electrons. The highest BCUT2D eigenvalue weighted by atomic mass is 16.5. The van der Waals surface area contributed by atoms with Crippen LogP contribution in [0.5, 0.6) is 5.75 Å². The van der Waals surface area contributed by atoms with Crippen molar-refractivity contribution in [2.24, 2.45) is 0 Å². The van der Waals surface area contributed by atoms with E-state index in [1.165, 1.54) is 0 Å². The van der Waals surface area contributed by atoms with Crippen LogP contribution in [-0.2, 0) is 9.53 Å². The largest absolute Gasteiger partial charge is 0.494 e. The molecule has 110 valence electrons. The number of anilines is 1. The summed E-state index contributed by atoms with van der Waals surface area (Å²) in [4.78, 5) is 14.3. The average molecular weight is 278 g/mol. The number of hydrogen-bond donors (Lipinski definition) is 1. The van der Waals surface area contributed by atoms with Crippen molar-refractivity contribution in [2.45, 2.75) is 19.9 Å². The van der Waals surface area contributed by atoms with Gasteiger partial charge in [0.1, 0.15) is 5.75 Å². The molecular weight excluding hydrogens is 256 g/mol. The van der Waals surface area contributed by atoms with E-state index in [9.17, 15) is 4.79 Å². The fourth-order valence-corrected chi connectivity index (χ4v) is 2.18. The standard InChI is InChI=1S/C15H22N2O3/c1-3-20-14-6-4-13(5-7-14)16-15(18)12(2)17-8-10-19-11-9-17/h4-7,12H,3,8-11H2,1-2H3,(H,16,18)/t12-/m0/s1. The Kier molecular flexibility index (Phi) is 5.38. The normalized spacial score (nSPS) is 17.5. The molecule has 1 fully saturated rings. The number of ether oxygens (including phenoxy) is 2. The molecule has 0 saturated carbocycles. The predicted octanol–water partition coefficient (Wildman–Crippen LogP) is 1.74. The summed E-state index contributed by atoms with van der Waals surface area (Å²) in [6.45, 7) is 7.51. The molecule has 0 bridgehead atoms. The highest BCUT2D eigenvalue weighted by Gasteiger charge is 2.22. The third kappa shape index (κ3) is 3.95. The minimum absolute atomic E-state index is 0.0102. The first-order chi connectivity index (χ1) is 9.70. The molecule has 0 aromatic heterocycles. The van der Waals surface area contributed by atoms with Gasteiger partial charge in [-0.2, -0.15) is 0 Å². The Hall–Kier alpha value is -1.59. The van der Waals surface area contributed by atoms with Gasteiger partial charge in [0, 0.05) is 18.8 Å². The molecule has 2 rings (SSSR count). The molecule has 0 unspecified atom stereocenters. The molecule has 1 aromatic carbocycles. The van der Waals surface area contributed by atoms with Crippen LogP contribution in [0.1, 0.15) is 13.8 Å². The van der Waals surface area contributed by atoms with Crippen LogP contribution in [0.25, 0.3) is 0 Å². The second-order valence-corrected chi connectivity index (χ2v) is 4.77. The molecule has 0 aliphatic carbocycles. The van der Waals surface area contributed by atoms with E-state index in [-0.39, 0.29) is 11.9 Å². The zero-order chi connectivity index (χ0) is 14.4. The van der Waals surface area contributed by atoms with Crippen molar-refractivity contribution < 1.29 is 14.3 Å². The monoisotopic (exact) mass is 278 g/mol. The van der Waals surface area contributed by atoms with Crippen LogP contribution in [0, 0.1) is 0 Å². The van der Waals surface area contributed by atoms with Gasteiger partial charge in [-0.1, -0.05) is 0 Å². The van der Waals surface area contributed by atoms with E-state index in [1.54, 1.807) is 0 Å². The zero-order valence-electron chi connectivity index (χ0n) is 12.1. The molecule has 5 heteroatoms. The van der Waals surface area contributed by atoms with Gasteiger partial charge in [0.05, 0.1) is 25.9 Å². The third-order valence-electron chi connectivity index (χ3n) is 3.41. The van der Waals surface area contributed by atoms with Gasteiger partial charge < -0.3 is 14.8 Å². The molecule has 20 heavy (non-hydrogen) atoms. The maximum atomic E-state index is 12.2. The Balaban J connectivity index is 1.89. The summed E-state index contributed by atoms with van der Waals surface area (Å²) >= 11 is 0. The quantitative estimate of drug-likeness (QED) is 0.891. The topological polar surface area (TPSA) is 50.8 Å². The molecule has 1 saturated heterocycles. The van der Waals surface area contributed by atoms with E-state index in [1.807, 2.05) is 38.1 Å².